The first-order chi connectivity index (χ1) is 8.93. The van der Waals surface area contributed by atoms with E-state index in [-0.39, 0.29) is 0 Å². The van der Waals surface area contributed by atoms with Gasteiger partial charge in [-0.15, -0.1) is 0 Å². The number of pyridine rings is 1. The summed E-state index contributed by atoms with van der Waals surface area (Å²) in [6, 6.07) is 8.63. The quantitative estimate of drug-likeness (QED) is 0.872. The van der Waals surface area contributed by atoms with Crippen molar-refractivity contribution in [2.45, 2.75) is 13.0 Å². The Balaban J connectivity index is 1.85. The van der Waals surface area contributed by atoms with E-state index in [1.54, 1.807) is 0 Å². The van der Waals surface area contributed by atoms with E-state index in [1.807, 2.05) is 12.4 Å². The Morgan fingerprint density at radius 1 is 1.17 bits per heavy atom. The lowest BCUT2D eigenvalue weighted by molar-refractivity contribution is 0.285. The number of hydrogen-bond acceptors (Lipinski definition) is 3. The number of fused-ring (bicyclic) bond motifs is 1. The fourth-order valence-electron chi connectivity index (χ4n) is 2.63. The summed E-state index contributed by atoms with van der Waals surface area (Å²) in [6.45, 7) is 5.63. The average Bonchev–Trinajstić information content (AvgIpc) is 2.68. The van der Waals surface area contributed by atoms with Gasteiger partial charge in [0.25, 0.3) is 0 Å². The molecule has 18 heavy (non-hydrogen) atoms. The summed E-state index contributed by atoms with van der Waals surface area (Å²) in [6.07, 6.45) is 5.07. The molecular weight excluding hydrogens is 222 g/mol. The fourth-order valence-corrected chi connectivity index (χ4v) is 2.63. The molecule has 0 unspecified atom stereocenters. The molecule has 3 heteroatoms. The van der Waals surface area contributed by atoms with Gasteiger partial charge in [-0.3, -0.25) is 9.88 Å². The van der Waals surface area contributed by atoms with Crippen LogP contribution in [0.4, 0.5) is 0 Å². The molecule has 1 aromatic heterocycles. The second-order valence-corrected chi connectivity index (χ2v) is 4.89. The van der Waals surface area contributed by atoms with Crippen LogP contribution < -0.4 is 5.32 Å². The third-order valence-electron chi connectivity index (χ3n) is 3.60. The molecule has 0 bridgehead atoms. The first kappa shape index (κ1) is 11.6. The highest BCUT2D eigenvalue weighted by atomic mass is 15.1. The molecule has 2 heterocycles. The van der Waals surface area contributed by atoms with Crippen molar-refractivity contribution in [3.05, 3.63) is 42.2 Å². The van der Waals surface area contributed by atoms with Crippen LogP contribution in [0.25, 0.3) is 10.8 Å². The lowest BCUT2D eigenvalue weighted by atomic mass is 10.1. The number of nitrogens with zero attached hydrogens (tertiary/aromatic N) is 2. The maximum Gasteiger partial charge on any atom is 0.0346 e. The Kier molecular flexibility index (Phi) is 3.53. The molecule has 1 aliphatic rings. The minimum atomic E-state index is 1.04. The van der Waals surface area contributed by atoms with Crippen LogP contribution in [-0.2, 0) is 6.54 Å². The van der Waals surface area contributed by atoms with Crippen molar-refractivity contribution in [2.75, 3.05) is 26.2 Å². The van der Waals surface area contributed by atoms with Crippen molar-refractivity contribution < 1.29 is 0 Å². The summed E-state index contributed by atoms with van der Waals surface area (Å²) in [5.41, 5.74) is 1.41. The average molecular weight is 241 g/mol. The summed E-state index contributed by atoms with van der Waals surface area (Å²) in [5, 5.41) is 6.03. The normalized spacial score (nSPS) is 17.8. The Morgan fingerprint density at radius 2 is 2.17 bits per heavy atom. The smallest absolute Gasteiger partial charge is 0.0346 e. The van der Waals surface area contributed by atoms with E-state index in [2.05, 4.69) is 39.5 Å². The van der Waals surface area contributed by atoms with Gasteiger partial charge >= 0.3 is 0 Å². The van der Waals surface area contributed by atoms with Crippen molar-refractivity contribution in [3.63, 3.8) is 0 Å². The van der Waals surface area contributed by atoms with Crippen molar-refractivity contribution in [1.29, 1.82) is 0 Å². The molecule has 0 aliphatic carbocycles. The highest BCUT2D eigenvalue weighted by Gasteiger charge is 2.10. The molecular formula is C15H19N3. The maximum atomic E-state index is 4.19. The minimum absolute atomic E-state index is 1.04. The number of aromatic nitrogens is 1. The zero-order valence-corrected chi connectivity index (χ0v) is 10.6. The van der Waals surface area contributed by atoms with Gasteiger partial charge in [0.2, 0.25) is 0 Å². The van der Waals surface area contributed by atoms with Crippen LogP contribution in [0.5, 0.6) is 0 Å². The third-order valence-corrected chi connectivity index (χ3v) is 3.60. The lowest BCUT2D eigenvalue weighted by Gasteiger charge is -2.20. The predicted octanol–water partition coefficient (Wildman–Crippen LogP) is 2.03. The maximum absolute atomic E-state index is 4.19. The Labute approximate surface area is 108 Å². The molecule has 1 fully saturated rings. The summed E-state index contributed by atoms with van der Waals surface area (Å²) in [7, 11) is 0. The topological polar surface area (TPSA) is 28.2 Å². The molecule has 0 spiro atoms. The molecule has 0 amide bonds. The largest absolute Gasteiger partial charge is 0.315 e. The van der Waals surface area contributed by atoms with E-state index in [0.717, 1.165) is 26.2 Å². The molecule has 94 valence electrons. The molecule has 1 aliphatic heterocycles. The monoisotopic (exact) mass is 241 g/mol. The van der Waals surface area contributed by atoms with Gasteiger partial charge in [-0.05, 0) is 36.5 Å². The number of benzene rings is 1. The van der Waals surface area contributed by atoms with Gasteiger partial charge < -0.3 is 5.32 Å². The zero-order chi connectivity index (χ0) is 12.2. The van der Waals surface area contributed by atoms with E-state index >= 15 is 0 Å². The van der Waals surface area contributed by atoms with Crippen molar-refractivity contribution in [3.8, 4) is 0 Å². The van der Waals surface area contributed by atoms with E-state index in [1.165, 1.54) is 29.3 Å². The Morgan fingerprint density at radius 3 is 3.17 bits per heavy atom. The van der Waals surface area contributed by atoms with E-state index in [9.17, 15) is 0 Å². The van der Waals surface area contributed by atoms with Gasteiger partial charge in [-0.1, -0.05) is 18.2 Å². The molecule has 0 saturated carbocycles. The van der Waals surface area contributed by atoms with Crippen LogP contribution in [0.15, 0.2) is 36.7 Å². The van der Waals surface area contributed by atoms with Gasteiger partial charge in [-0.25, -0.2) is 0 Å². The highest BCUT2D eigenvalue weighted by molar-refractivity contribution is 5.84. The van der Waals surface area contributed by atoms with Crippen molar-refractivity contribution in [2.24, 2.45) is 0 Å². The van der Waals surface area contributed by atoms with Crippen LogP contribution in [0.1, 0.15) is 12.0 Å². The molecule has 3 nitrogen and oxygen atoms in total. The highest BCUT2D eigenvalue weighted by Crippen LogP contribution is 2.19. The minimum Gasteiger partial charge on any atom is -0.315 e. The lowest BCUT2D eigenvalue weighted by Crippen LogP contribution is -2.27. The van der Waals surface area contributed by atoms with Crippen LogP contribution >= 0.6 is 0 Å². The van der Waals surface area contributed by atoms with Crippen molar-refractivity contribution in [1.82, 2.24) is 15.2 Å². The van der Waals surface area contributed by atoms with E-state index in [4.69, 9.17) is 0 Å². The summed E-state index contributed by atoms with van der Waals surface area (Å²) in [5.74, 6) is 0. The molecule has 1 N–H and O–H groups in total. The van der Waals surface area contributed by atoms with E-state index in [0.29, 0.717) is 0 Å². The van der Waals surface area contributed by atoms with Gasteiger partial charge in [-0.2, -0.15) is 0 Å². The van der Waals surface area contributed by atoms with Crippen LogP contribution in [-0.4, -0.2) is 36.1 Å². The van der Waals surface area contributed by atoms with Gasteiger partial charge in [0.05, 0.1) is 0 Å². The number of nitrogens with one attached hydrogen (secondary N) is 1. The van der Waals surface area contributed by atoms with Crippen LogP contribution in [0.3, 0.4) is 0 Å². The van der Waals surface area contributed by atoms with Gasteiger partial charge in [0, 0.05) is 37.4 Å². The summed E-state index contributed by atoms with van der Waals surface area (Å²) < 4.78 is 0. The number of hydrogen-bond donors (Lipinski definition) is 1. The Bertz CT molecular complexity index is 511. The summed E-state index contributed by atoms with van der Waals surface area (Å²) in [4.78, 5) is 6.73. The molecule has 0 radical (unpaired) electrons. The molecule has 2 aromatic rings. The second kappa shape index (κ2) is 5.46. The van der Waals surface area contributed by atoms with Gasteiger partial charge in [0.15, 0.2) is 0 Å². The molecule has 0 atom stereocenters. The molecule has 1 aromatic carbocycles. The Hall–Kier alpha value is -1.45. The van der Waals surface area contributed by atoms with Gasteiger partial charge in [0.1, 0.15) is 0 Å². The van der Waals surface area contributed by atoms with Crippen LogP contribution in [0, 0.1) is 0 Å². The fraction of sp³-hybridized carbons (Fsp3) is 0.400. The van der Waals surface area contributed by atoms with E-state index < -0.39 is 0 Å². The standard InChI is InChI=1S/C15H19N3/c1-3-13-11-17-7-5-15(13)14(4-1)12-18-9-2-6-16-8-10-18/h1,3-5,7,11,16H,2,6,8-10,12H2. The third kappa shape index (κ3) is 2.52. The van der Waals surface area contributed by atoms with Crippen molar-refractivity contribution >= 4 is 10.8 Å². The summed E-state index contributed by atoms with van der Waals surface area (Å²) >= 11 is 0. The predicted molar refractivity (Wildman–Crippen MR) is 74.5 cm³/mol. The SMILES string of the molecule is c1cc(CN2CCCNCC2)c2ccncc2c1. The van der Waals surface area contributed by atoms with Crippen LogP contribution in [0.2, 0.25) is 0 Å². The molecule has 3 rings (SSSR count). The second-order valence-electron chi connectivity index (χ2n) is 4.89. The first-order valence-corrected chi connectivity index (χ1v) is 6.68. The molecule has 1 saturated heterocycles. The number of rotatable bonds is 2. The zero-order valence-electron chi connectivity index (χ0n) is 10.6. The first-order valence-electron chi connectivity index (χ1n) is 6.68.